The molecule has 0 unspecified atom stereocenters. The van der Waals surface area contributed by atoms with Gasteiger partial charge in [0.1, 0.15) is 0 Å². The molecule has 3 rings (SSSR count). The van der Waals surface area contributed by atoms with Crippen LogP contribution >= 0.6 is 15.9 Å². The van der Waals surface area contributed by atoms with Gasteiger partial charge in [0.2, 0.25) is 5.95 Å². The Balaban J connectivity index is 1.68. The normalized spacial score (nSPS) is 10.3. The largest absolute Gasteiger partial charge is 0.363 e. The molecular weight excluding hydrogens is 356 g/mol. The zero-order valence-electron chi connectivity index (χ0n) is 12.5. The molecule has 116 valence electrons. The number of benzene rings is 1. The molecule has 0 spiro atoms. The van der Waals surface area contributed by atoms with Crippen LogP contribution in [-0.4, -0.2) is 20.2 Å². The Labute approximate surface area is 142 Å². The Morgan fingerprint density at radius 3 is 2.87 bits per heavy atom. The van der Waals surface area contributed by atoms with Gasteiger partial charge >= 0.3 is 0 Å². The Morgan fingerprint density at radius 2 is 2.09 bits per heavy atom. The Kier molecular flexibility index (Phi) is 4.77. The Bertz CT molecular complexity index is 794. The van der Waals surface area contributed by atoms with Crippen LogP contribution in [0.25, 0.3) is 0 Å². The van der Waals surface area contributed by atoms with Crippen LogP contribution in [0.5, 0.6) is 0 Å². The van der Waals surface area contributed by atoms with E-state index in [9.17, 15) is 0 Å². The first-order valence-corrected chi connectivity index (χ1v) is 7.87. The topological polar surface area (TPSA) is 75.6 Å². The molecule has 2 aromatic heterocycles. The fourth-order valence-corrected chi connectivity index (χ4v) is 2.22. The number of aryl methyl sites for hydroxylation is 1. The van der Waals surface area contributed by atoms with E-state index in [1.165, 1.54) is 0 Å². The number of pyridine rings is 1. The lowest BCUT2D eigenvalue weighted by Gasteiger charge is -2.08. The van der Waals surface area contributed by atoms with Gasteiger partial charge in [-0.1, -0.05) is 22.0 Å². The smallest absolute Gasteiger partial charge is 0.249 e. The second-order valence-corrected chi connectivity index (χ2v) is 5.78. The van der Waals surface area contributed by atoms with E-state index in [1.807, 2.05) is 43.3 Å². The van der Waals surface area contributed by atoms with E-state index in [-0.39, 0.29) is 0 Å². The molecule has 7 heteroatoms. The summed E-state index contributed by atoms with van der Waals surface area (Å²) in [6.07, 6.45) is 3.35. The number of hydrogen-bond donors (Lipinski definition) is 2. The van der Waals surface area contributed by atoms with E-state index >= 15 is 0 Å². The van der Waals surface area contributed by atoms with E-state index in [0.29, 0.717) is 18.3 Å². The molecular formula is C16H15BrN6. The highest BCUT2D eigenvalue weighted by Gasteiger charge is 2.03. The summed E-state index contributed by atoms with van der Waals surface area (Å²) < 4.78 is 1.06. The molecule has 0 atom stereocenters. The van der Waals surface area contributed by atoms with E-state index < -0.39 is 0 Å². The van der Waals surface area contributed by atoms with Crippen molar-refractivity contribution in [3.8, 4) is 0 Å². The van der Waals surface area contributed by atoms with Gasteiger partial charge in [-0.2, -0.15) is 10.1 Å². The minimum Gasteiger partial charge on any atom is -0.363 e. The average molecular weight is 371 g/mol. The third-order valence-electron chi connectivity index (χ3n) is 3.15. The molecule has 0 fully saturated rings. The summed E-state index contributed by atoms with van der Waals surface area (Å²) in [6, 6.07) is 11.7. The Hall–Kier alpha value is -2.54. The monoisotopic (exact) mass is 370 g/mol. The lowest BCUT2D eigenvalue weighted by atomic mass is 10.2. The van der Waals surface area contributed by atoms with Gasteiger partial charge in [0.25, 0.3) is 0 Å². The number of rotatable bonds is 5. The number of hydrogen-bond acceptors (Lipinski definition) is 6. The first-order chi connectivity index (χ1) is 11.2. The van der Waals surface area contributed by atoms with Gasteiger partial charge in [0.15, 0.2) is 5.82 Å². The van der Waals surface area contributed by atoms with Crippen LogP contribution in [0.3, 0.4) is 0 Å². The first-order valence-electron chi connectivity index (χ1n) is 7.07. The van der Waals surface area contributed by atoms with Crippen LogP contribution in [0.4, 0.5) is 17.5 Å². The minimum atomic E-state index is 0.442. The number of halogens is 1. The standard InChI is InChI=1S/C16H15BrN6/c1-11-8-12(5-6-14(11)17)21-16-22-15(10-20-23-16)19-9-13-4-2-3-7-18-13/h2-8,10H,9H2,1H3,(H2,19,21,22,23). The molecule has 0 aliphatic heterocycles. The van der Waals surface area contributed by atoms with Crippen molar-refractivity contribution >= 4 is 33.4 Å². The molecule has 0 bridgehead atoms. The van der Waals surface area contributed by atoms with Crippen LogP contribution in [0.15, 0.2) is 53.3 Å². The third kappa shape index (κ3) is 4.23. The molecule has 6 nitrogen and oxygen atoms in total. The molecule has 0 amide bonds. The van der Waals surface area contributed by atoms with Crippen molar-refractivity contribution in [1.82, 2.24) is 20.2 Å². The quantitative estimate of drug-likeness (QED) is 0.713. The first kappa shape index (κ1) is 15.4. The molecule has 1 aromatic carbocycles. The van der Waals surface area contributed by atoms with Crippen molar-refractivity contribution in [2.24, 2.45) is 0 Å². The average Bonchev–Trinajstić information content (AvgIpc) is 2.58. The summed E-state index contributed by atoms with van der Waals surface area (Å²) in [7, 11) is 0. The summed E-state index contributed by atoms with van der Waals surface area (Å²) >= 11 is 3.48. The van der Waals surface area contributed by atoms with E-state index in [1.54, 1.807) is 12.4 Å². The highest BCUT2D eigenvalue weighted by molar-refractivity contribution is 9.10. The van der Waals surface area contributed by atoms with Gasteiger partial charge in [0.05, 0.1) is 18.4 Å². The lowest BCUT2D eigenvalue weighted by Crippen LogP contribution is -2.06. The molecule has 0 saturated carbocycles. The highest BCUT2D eigenvalue weighted by Crippen LogP contribution is 2.21. The van der Waals surface area contributed by atoms with Gasteiger partial charge in [0, 0.05) is 16.4 Å². The molecule has 0 aliphatic carbocycles. The highest BCUT2D eigenvalue weighted by atomic mass is 79.9. The summed E-state index contributed by atoms with van der Waals surface area (Å²) in [5.41, 5.74) is 2.98. The number of nitrogens with one attached hydrogen (secondary N) is 2. The van der Waals surface area contributed by atoms with Gasteiger partial charge in [-0.3, -0.25) is 4.98 Å². The van der Waals surface area contributed by atoms with Gasteiger partial charge in [-0.15, -0.1) is 5.10 Å². The lowest BCUT2D eigenvalue weighted by molar-refractivity contribution is 0.955. The summed E-state index contributed by atoms with van der Waals surface area (Å²) in [4.78, 5) is 8.66. The van der Waals surface area contributed by atoms with Crippen LogP contribution < -0.4 is 10.6 Å². The van der Waals surface area contributed by atoms with Crippen LogP contribution in [-0.2, 0) is 6.54 Å². The molecule has 23 heavy (non-hydrogen) atoms. The second kappa shape index (κ2) is 7.15. The summed E-state index contributed by atoms with van der Waals surface area (Å²) in [6.45, 7) is 2.61. The van der Waals surface area contributed by atoms with Crippen molar-refractivity contribution < 1.29 is 0 Å². The zero-order valence-corrected chi connectivity index (χ0v) is 14.1. The molecule has 2 N–H and O–H groups in total. The maximum absolute atomic E-state index is 4.40. The van der Waals surface area contributed by atoms with Crippen LogP contribution in [0, 0.1) is 6.92 Å². The van der Waals surface area contributed by atoms with Gasteiger partial charge in [-0.25, -0.2) is 0 Å². The van der Waals surface area contributed by atoms with Crippen LogP contribution in [0.1, 0.15) is 11.3 Å². The van der Waals surface area contributed by atoms with Gasteiger partial charge < -0.3 is 10.6 Å². The van der Waals surface area contributed by atoms with Gasteiger partial charge in [-0.05, 0) is 42.8 Å². The van der Waals surface area contributed by atoms with Crippen LogP contribution in [0.2, 0.25) is 0 Å². The SMILES string of the molecule is Cc1cc(Nc2nncc(NCc3ccccn3)n2)ccc1Br. The summed E-state index contributed by atoms with van der Waals surface area (Å²) in [5.74, 6) is 1.08. The molecule has 3 aromatic rings. The second-order valence-electron chi connectivity index (χ2n) is 4.93. The number of nitrogens with zero attached hydrogens (tertiary/aromatic N) is 4. The van der Waals surface area contributed by atoms with Crippen molar-refractivity contribution in [1.29, 1.82) is 0 Å². The molecule has 0 aliphatic rings. The van der Waals surface area contributed by atoms with Crippen molar-refractivity contribution in [3.05, 3.63) is 64.5 Å². The molecule has 0 radical (unpaired) electrons. The fraction of sp³-hybridized carbons (Fsp3) is 0.125. The molecule has 2 heterocycles. The maximum atomic E-state index is 4.40. The summed E-state index contributed by atoms with van der Waals surface area (Å²) in [5, 5.41) is 14.3. The zero-order chi connectivity index (χ0) is 16.1. The Morgan fingerprint density at radius 1 is 1.17 bits per heavy atom. The predicted octanol–water partition coefficient (Wildman–Crippen LogP) is 3.69. The van der Waals surface area contributed by atoms with Crippen molar-refractivity contribution in [3.63, 3.8) is 0 Å². The number of anilines is 3. The predicted molar refractivity (Wildman–Crippen MR) is 93.6 cm³/mol. The van der Waals surface area contributed by atoms with Crippen molar-refractivity contribution in [2.45, 2.75) is 13.5 Å². The van der Waals surface area contributed by atoms with E-state index in [4.69, 9.17) is 0 Å². The van der Waals surface area contributed by atoms with E-state index in [2.05, 4.69) is 46.7 Å². The minimum absolute atomic E-state index is 0.442. The fourth-order valence-electron chi connectivity index (χ4n) is 1.98. The maximum Gasteiger partial charge on any atom is 0.249 e. The number of aromatic nitrogens is 4. The molecule has 0 saturated heterocycles. The van der Waals surface area contributed by atoms with Crippen molar-refractivity contribution in [2.75, 3.05) is 10.6 Å². The third-order valence-corrected chi connectivity index (χ3v) is 4.04. The van der Waals surface area contributed by atoms with E-state index in [0.717, 1.165) is 21.4 Å².